The number of nitrogens with zero attached hydrogens (tertiary/aromatic N) is 2. The summed E-state index contributed by atoms with van der Waals surface area (Å²) < 4.78 is 0. The summed E-state index contributed by atoms with van der Waals surface area (Å²) in [5.41, 5.74) is 0.640. The lowest BCUT2D eigenvalue weighted by molar-refractivity contribution is -0.385. The van der Waals surface area contributed by atoms with Gasteiger partial charge in [0, 0.05) is 24.1 Å². The number of thioether (sulfide) groups is 1. The predicted molar refractivity (Wildman–Crippen MR) is 70.3 cm³/mol. The Labute approximate surface area is 104 Å². The molecule has 0 spiro atoms. The first-order chi connectivity index (χ1) is 8.15. The molecule has 6 heteroatoms. The standard InChI is InChI=1S/C11H13N3O2S/c1-3-5-17-6-4-12-11-7-10(14(15)16)9(2)8-13-11/h1,7-8H,4-6H2,2H3,(H,12,13). The van der Waals surface area contributed by atoms with Gasteiger partial charge in [-0.15, -0.1) is 18.2 Å². The minimum atomic E-state index is -0.407. The van der Waals surface area contributed by atoms with E-state index in [9.17, 15) is 10.1 Å². The van der Waals surface area contributed by atoms with Gasteiger partial charge in [0.1, 0.15) is 5.82 Å². The Balaban J connectivity index is 2.52. The van der Waals surface area contributed by atoms with Gasteiger partial charge in [0.2, 0.25) is 0 Å². The Morgan fingerprint density at radius 1 is 1.71 bits per heavy atom. The van der Waals surface area contributed by atoms with E-state index in [-0.39, 0.29) is 5.69 Å². The van der Waals surface area contributed by atoms with E-state index >= 15 is 0 Å². The van der Waals surface area contributed by atoms with E-state index in [2.05, 4.69) is 16.2 Å². The molecule has 0 saturated carbocycles. The highest BCUT2D eigenvalue weighted by molar-refractivity contribution is 7.99. The lowest BCUT2D eigenvalue weighted by atomic mass is 10.2. The molecule has 1 heterocycles. The van der Waals surface area contributed by atoms with Gasteiger partial charge in [-0.25, -0.2) is 4.98 Å². The number of nitrogens with one attached hydrogen (secondary N) is 1. The van der Waals surface area contributed by atoms with Crippen molar-refractivity contribution in [1.29, 1.82) is 0 Å². The van der Waals surface area contributed by atoms with Gasteiger partial charge < -0.3 is 5.32 Å². The lowest BCUT2D eigenvalue weighted by Crippen LogP contribution is -2.06. The number of anilines is 1. The van der Waals surface area contributed by atoms with Crippen molar-refractivity contribution in [2.45, 2.75) is 6.92 Å². The second-order valence-electron chi connectivity index (χ2n) is 3.30. The van der Waals surface area contributed by atoms with Crippen molar-refractivity contribution in [2.75, 3.05) is 23.4 Å². The first kappa shape index (κ1) is 13.3. The number of pyridine rings is 1. The van der Waals surface area contributed by atoms with Gasteiger partial charge in [-0.3, -0.25) is 10.1 Å². The fraction of sp³-hybridized carbons (Fsp3) is 0.364. The van der Waals surface area contributed by atoms with Gasteiger partial charge in [0.15, 0.2) is 0 Å². The Hall–Kier alpha value is -1.74. The molecule has 0 saturated heterocycles. The Morgan fingerprint density at radius 2 is 2.47 bits per heavy atom. The van der Waals surface area contributed by atoms with Crippen molar-refractivity contribution in [3.8, 4) is 12.3 Å². The van der Waals surface area contributed by atoms with E-state index in [4.69, 9.17) is 6.42 Å². The summed E-state index contributed by atoms with van der Waals surface area (Å²) in [6.07, 6.45) is 6.61. The zero-order valence-electron chi connectivity index (χ0n) is 9.47. The summed E-state index contributed by atoms with van der Waals surface area (Å²) in [5, 5.41) is 13.7. The molecule has 1 aromatic heterocycles. The fourth-order valence-electron chi connectivity index (χ4n) is 1.19. The number of terminal acetylenes is 1. The maximum absolute atomic E-state index is 10.7. The zero-order valence-corrected chi connectivity index (χ0v) is 10.3. The van der Waals surface area contributed by atoms with Crippen LogP contribution in [0.1, 0.15) is 5.56 Å². The van der Waals surface area contributed by atoms with Crippen LogP contribution in [0.4, 0.5) is 11.5 Å². The number of aromatic nitrogens is 1. The van der Waals surface area contributed by atoms with Gasteiger partial charge >= 0.3 is 0 Å². The summed E-state index contributed by atoms with van der Waals surface area (Å²) in [5.74, 6) is 4.56. The third-order valence-corrected chi connectivity index (χ3v) is 2.87. The Bertz CT molecular complexity index is 443. The van der Waals surface area contributed by atoms with Gasteiger partial charge in [0.05, 0.1) is 16.7 Å². The molecule has 90 valence electrons. The number of nitro groups is 1. The number of aryl methyl sites for hydroxylation is 1. The van der Waals surface area contributed by atoms with Crippen LogP contribution < -0.4 is 5.32 Å². The summed E-state index contributed by atoms with van der Waals surface area (Å²) in [6, 6.07) is 1.45. The van der Waals surface area contributed by atoms with Crippen molar-refractivity contribution in [3.63, 3.8) is 0 Å². The lowest BCUT2D eigenvalue weighted by Gasteiger charge is -2.05. The Kier molecular flexibility index (Phi) is 5.30. The van der Waals surface area contributed by atoms with Crippen molar-refractivity contribution in [1.82, 2.24) is 4.98 Å². The maximum Gasteiger partial charge on any atom is 0.277 e. The number of rotatable bonds is 6. The Morgan fingerprint density at radius 3 is 3.12 bits per heavy atom. The van der Waals surface area contributed by atoms with E-state index < -0.39 is 4.92 Å². The van der Waals surface area contributed by atoms with Gasteiger partial charge in [-0.2, -0.15) is 0 Å². The molecule has 0 unspecified atom stereocenters. The van der Waals surface area contributed by atoms with Crippen LogP contribution in [0, 0.1) is 29.4 Å². The molecule has 0 aliphatic rings. The van der Waals surface area contributed by atoms with Crippen LogP contribution in [-0.2, 0) is 0 Å². The fourth-order valence-corrected chi connectivity index (χ4v) is 1.70. The van der Waals surface area contributed by atoms with Crippen LogP contribution in [0.25, 0.3) is 0 Å². The maximum atomic E-state index is 10.7. The first-order valence-electron chi connectivity index (χ1n) is 5.01. The van der Waals surface area contributed by atoms with E-state index in [1.165, 1.54) is 12.3 Å². The molecule has 0 bridgehead atoms. The van der Waals surface area contributed by atoms with Crippen molar-refractivity contribution in [2.24, 2.45) is 0 Å². The monoisotopic (exact) mass is 251 g/mol. The summed E-state index contributed by atoms with van der Waals surface area (Å²) in [7, 11) is 0. The predicted octanol–water partition coefficient (Wildman–Crippen LogP) is 2.08. The smallest absolute Gasteiger partial charge is 0.277 e. The largest absolute Gasteiger partial charge is 0.369 e. The zero-order chi connectivity index (χ0) is 12.7. The number of hydrogen-bond acceptors (Lipinski definition) is 5. The summed E-state index contributed by atoms with van der Waals surface area (Å²) in [6.45, 7) is 2.34. The molecule has 1 rings (SSSR count). The molecule has 1 aromatic rings. The van der Waals surface area contributed by atoms with E-state index in [1.54, 1.807) is 18.7 Å². The average Bonchev–Trinajstić information content (AvgIpc) is 2.30. The van der Waals surface area contributed by atoms with Crippen molar-refractivity contribution in [3.05, 3.63) is 27.9 Å². The van der Waals surface area contributed by atoms with Crippen LogP contribution >= 0.6 is 11.8 Å². The first-order valence-corrected chi connectivity index (χ1v) is 6.16. The van der Waals surface area contributed by atoms with Crippen molar-refractivity contribution < 1.29 is 4.92 Å². The quantitative estimate of drug-likeness (QED) is 0.363. The second-order valence-corrected chi connectivity index (χ2v) is 4.40. The van der Waals surface area contributed by atoms with Gasteiger partial charge in [-0.1, -0.05) is 5.92 Å². The molecule has 0 fully saturated rings. The third-order valence-electron chi connectivity index (χ3n) is 2.01. The molecule has 0 radical (unpaired) electrons. The van der Waals surface area contributed by atoms with Crippen LogP contribution in [-0.4, -0.2) is 28.0 Å². The van der Waals surface area contributed by atoms with Crippen LogP contribution in [0.15, 0.2) is 12.3 Å². The molecule has 0 aliphatic heterocycles. The summed E-state index contributed by atoms with van der Waals surface area (Å²) >= 11 is 1.63. The molecule has 17 heavy (non-hydrogen) atoms. The molecular formula is C11H13N3O2S. The SMILES string of the molecule is C#CCSCCNc1cc([N+](=O)[O-])c(C)cn1. The molecular weight excluding hydrogens is 238 g/mol. The molecule has 1 N–H and O–H groups in total. The average molecular weight is 251 g/mol. The van der Waals surface area contributed by atoms with E-state index in [0.717, 1.165) is 5.75 Å². The summed E-state index contributed by atoms with van der Waals surface area (Å²) in [4.78, 5) is 14.4. The topological polar surface area (TPSA) is 68.1 Å². The molecule has 0 aromatic carbocycles. The third kappa shape index (κ3) is 4.33. The van der Waals surface area contributed by atoms with E-state index in [1.807, 2.05) is 0 Å². The van der Waals surface area contributed by atoms with Crippen LogP contribution in [0.3, 0.4) is 0 Å². The minimum Gasteiger partial charge on any atom is -0.369 e. The van der Waals surface area contributed by atoms with Crippen LogP contribution in [0.5, 0.6) is 0 Å². The molecule has 0 aliphatic carbocycles. The molecule has 0 atom stereocenters. The normalized spacial score (nSPS) is 9.65. The minimum absolute atomic E-state index is 0.0822. The van der Waals surface area contributed by atoms with Crippen LogP contribution in [0.2, 0.25) is 0 Å². The van der Waals surface area contributed by atoms with Gasteiger partial charge in [0.25, 0.3) is 5.69 Å². The second kappa shape index (κ2) is 6.76. The molecule has 5 nitrogen and oxygen atoms in total. The van der Waals surface area contributed by atoms with Crippen molar-refractivity contribution >= 4 is 23.3 Å². The highest BCUT2D eigenvalue weighted by atomic mass is 32.2. The molecule has 0 amide bonds. The van der Waals surface area contributed by atoms with E-state index in [0.29, 0.717) is 23.7 Å². The van der Waals surface area contributed by atoms with Gasteiger partial charge in [-0.05, 0) is 6.92 Å². The highest BCUT2D eigenvalue weighted by Crippen LogP contribution is 2.19. The highest BCUT2D eigenvalue weighted by Gasteiger charge is 2.11. The number of hydrogen-bond donors (Lipinski definition) is 1.